The highest BCUT2D eigenvalue weighted by atomic mass is 32.2. The van der Waals surface area contributed by atoms with Crippen LogP contribution in [0.5, 0.6) is 0 Å². The Morgan fingerprint density at radius 1 is 1.28 bits per heavy atom. The maximum atomic E-state index is 13.0. The standard InChI is InChI=1S/C16H22F3N5S/c1-23(2)8-5-9-24(3)14-7-6-12(16(17,18)19)10-13(14)22-15(25-4)21-11-20/h6-7,10H,5,8-9H2,1-4H3,(H,21,22). The van der Waals surface area contributed by atoms with Crippen LogP contribution in [0.15, 0.2) is 23.2 Å². The lowest BCUT2D eigenvalue weighted by atomic mass is 10.1. The van der Waals surface area contributed by atoms with Crippen LogP contribution in [0.2, 0.25) is 0 Å². The fourth-order valence-corrected chi connectivity index (χ4v) is 2.48. The fourth-order valence-electron chi connectivity index (χ4n) is 2.14. The summed E-state index contributed by atoms with van der Waals surface area (Å²) in [7, 11) is 5.74. The summed E-state index contributed by atoms with van der Waals surface area (Å²) in [4.78, 5) is 8.11. The summed E-state index contributed by atoms with van der Waals surface area (Å²) in [5, 5.41) is 11.3. The molecule has 138 valence electrons. The maximum absolute atomic E-state index is 13.0. The molecule has 1 N–H and O–H groups in total. The molecule has 0 heterocycles. The molecule has 0 aliphatic carbocycles. The van der Waals surface area contributed by atoms with Gasteiger partial charge in [-0.1, -0.05) is 11.8 Å². The number of thioether (sulfide) groups is 1. The highest BCUT2D eigenvalue weighted by Crippen LogP contribution is 2.37. The van der Waals surface area contributed by atoms with Gasteiger partial charge in [-0.05, 0) is 51.5 Å². The highest BCUT2D eigenvalue weighted by Gasteiger charge is 2.31. The van der Waals surface area contributed by atoms with Crippen molar-refractivity contribution in [2.75, 3.05) is 45.4 Å². The zero-order valence-electron chi connectivity index (χ0n) is 14.7. The second kappa shape index (κ2) is 9.53. The molecule has 0 bridgehead atoms. The van der Waals surface area contributed by atoms with E-state index in [1.54, 1.807) is 12.4 Å². The van der Waals surface area contributed by atoms with E-state index in [2.05, 4.69) is 10.3 Å². The van der Waals surface area contributed by atoms with Crippen LogP contribution in [-0.4, -0.2) is 50.6 Å². The quantitative estimate of drug-likeness (QED) is 0.358. The van der Waals surface area contributed by atoms with Gasteiger partial charge in [0.05, 0.1) is 16.9 Å². The number of hydrogen-bond donors (Lipinski definition) is 1. The van der Waals surface area contributed by atoms with Crippen molar-refractivity contribution in [2.24, 2.45) is 4.99 Å². The molecule has 1 rings (SSSR count). The first-order chi connectivity index (χ1) is 11.7. The van der Waals surface area contributed by atoms with Crippen molar-refractivity contribution in [2.45, 2.75) is 12.6 Å². The van der Waals surface area contributed by atoms with Crippen molar-refractivity contribution in [1.82, 2.24) is 10.2 Å². The lowest BCUT2D eigenvalue weighted by Gasteiger charge is -2.23. The van der Waals surface area contributed by atoms with Gasteiger partial charge < -0.3 is 9.80 Å². The minimum atomic E-state index is -4.45. The molecule has 0 spiro atoms. The number of nitriles is 1. The number of alkyl halides is 3. The summed E-state index contributed by atoms with van der Waals surface area (Å²) in [6.45, 7) is 1.54. The van der Waals surface area contributed by atoms with E-state index < -0.39 is 11.7 Å². The first-order valence-corrected chi connectivity index (χ1v) is 8.76. The molecule has 1 aromatic rings. The molecule has 5 nitrogen and oxygen atoms in total. The van der Waals surface area contributed by atoms with E-state index in [1.165, 1.54) is 6.07 Å². The largest absolute Gasteiger partial charge is 0.416 e. The van der Waals surface area contributed by atoms with Crippen molar-refractivity contribution < 1.29 is 13.2 Å². The molecule has 0 radical (unpaired) electrons. The Morgan fingerprint density at radius 2 is 1.96 bits per heavy atom. The van der Waals surface area contributed by atoms with Gasteiger partial charge in [0.1, 0.15) is 0 Å². The van der Waals surface area contributed by atoms with Crippen molar-refractivity contribution in [3.8, 4) is 6.19 Å². The van der Waals surface area contributed by atoms with Gasteiger partial charge in [0.15, 0.2) is 11.4 Å². The number of anilines is 1. The fraction of sp³-hybridized carbons (Fsp3) is 0.500. The molecule has 25 heavy (non-hydrogen) atoms. The monoisotopic (exact) mass is 373 g/mol. The van der Waals surface area contributed by atoms with Crippen LogP contribution in [0.3, 0.4) is 0 Å². The number of rotatable bonds is 6. The molecule has 1 aromatic carbocycles. The predicted molar refractivity (Wildman–Crippen MR) is 97.2 cm³/mol. The Hall–Kier alpha value is -1.92. The maximum Gasteiger partial charge on any atom is 0.416 e. The van der Waals surface area contributed by atoms with Crippen LogP contribution in [0.25, 0.3) is 0 Å². The molecule has 0 aromatic heterocycles. The number of nitrogens with one attached hydrogen (secondary N) is 1. The van der Waals surface area contributed by atoms with Crippen LogP contribution in [0.1, 0.15) is 12.0 Å². The first kappa shape index (κ1) is 21.1. The summed E-state index contributed by atoms with van der Waals surface area (Å²) < 4.78 is 39.1. The third kappa shape index (κ3) is 6.84. The molecule has 0 aliphatic heterocycles. The number of amidine groups is 1. The number of halogens is 3. The molecular formula is C16H22F3N5S. The van der Waals surface area contributed by atoms with Gasteiger partial charge >= 0.3 is 6.18 Å². The Bertz CT molecular complexity index is 638. The molecule has 9 heteroatoms. The SMILES string of the molecule is CSC(=Nc1cc(C(F)(F)F)ccc1N(C)CCCN(C)C)NC#N. The van der Waals surface area contributed by atoms with Gasteiger partial charge in [0, 0.05) is 13.6 Å². The molecule has 0 saturated carbocycles. The van der Waals surface area contributed by atoms with Crippen LogP contribution >= 0.6 is 11.8 Å². The Kier molecular flexibility index (Phi) is 8.06. The Balaban J connectivity index is 3.20. The lowest BCUT2D eigenvalue weighted by Crippen LogP contribution is -2.23. The third-order valence-electron chi connectivity index (χ3n) is 3.39. The zero-order valence-corrected chi connectivity index (χ0v) is 15.5. The van der Waals surface area contributed by atoms with Gasteiger partial charge in [-0.3, -0.25) is 5.32 Å². The van der Waals surface area contributed by atoms with Crippen LogP contribution in [0, 0.1) is 11.5 Å². The van der Waals surface area contributed by atoms with Crippen molar-refractivity contribution >= 4 is 28.3 Å². The number of hydrogen-bond acceptors (Lipinski definition) is 5. The second-order valence-corrected chi connectivity index (χ2v) is 6.43. The average molecular weight is 373 g/mol. The summed E-state index contributed by atoms with van der Waals surface area (Å²) in [5.41, 5.74) is -0.0126. The van der Waals surface area contributed by atoms with E-state index in [0.29, 0.717) is 12.2 Å². The minimum Gasteiger partial charge on any atom is -0.373 e. The summed E-state index contributed by atoms with van der Waals surface area (Å²) in [6.07, 6.45) is -0.161. The number of aliphatic imine (C=N–C) groups is 1. The minimum absolute atomic E-state index is 0.175. The van der Waals surface area contributed by atoms with E-state index in [0.717, 1.165) is 36.9 Å². The number of nitrogens with zero attached hydrogens (tertiary/aromatic N) is 4. The molecular weight excluding hydrogens is 351 g/mol. The van der Waals surface area contributed by atoms with Gasteiger partial charge in [0.2, 0.25) is 0 Å². The first-order valence-electron chi connectivity index (χ1n) is 7.54. The lowest BCUT2D eigenvalue weighted by molar-refractivity contribution is -0.137. The highest BCUT2D eigenvalue weighted by molar-refractivity contribution is 8.13. The molecule has 0 aliphatic rings. The van der Waals surface area contributed by atoms with Crippen molar-refractivity contribution in [3.63, 3.8) is 0 Å². The molecule has 0 atom stereocenters. The zero-order chi connectivity index (χ0) is 19.0. The normalized spacial score (nSPS) is 12.2. The van der Waals surface area contributed by atoms with E-state index in [4.69, 9.17) is 5.26 Å². The second-order valence-electron chi connectivity index (χ2n) is 5.64. The van der Waals surface area contributed by atoms with Crippen molar-refractivity contribution in [3.05, 3.63) is 23.8 Å². The number of benzene rings is 1. The van der Waals surface area contributed by atoms with Gasteiger partial charge in [0.25, 0.3) is 0 Å². The van der Waals surface area contributed by atoms with Gasteiger partial charge in [-0.2, -0.15) is 18.4 Å². The third-order valence-corrected chi connectivity index (χ3v) is 3.97. The van der Waals surface area contributed by atoms with Crippen molar-refractivity contribution in [1.29, 1.82) is 5.26 Å². The molecule has 0 saturated heterocycles. The topological polar surface area (TPSA) is 54.7 Å². The Labute approximate surface area is 150 Å². The van der Waals surface area contributed by atoms with Gasteiger partial charge in [-0.15, -0.1) is 0 Å². The van der Waals surface area contributed by atoms with E-state index in [9.17, 15) is 13.2 Å². The molecule has 0 fully saturated rings. The summed E-state index contributed by atoms with van der Waals surface area (Å²) in [6, 6.07) is 3.47. The smallest absolute Gasteiger partial charge is 0.373 e. The average Bonchev–Trinajstić information content (AvgIpc) is 2.53. The van der Waals surface area contributed by atoms with E-state index in [1.807, 2.05) is 30.9 Å². The van der Waals surface area contributed by atoms with E-state index >= 15 is 0 Å². The van der Waals surface area contributed by atoms with Crippen LogP contribution in [-0.2, 0) is 6.18 Å². The predicted octanol–water partition coefficient (Wildman–Crippen LogP) is 3.51. The van der Waals surface area contributed by atoms with Crippen LogP contribution in [0.4, 0.5) is 24.5 Å². The van der Waals surface area contributed by atoms with Gasteiger partial charge in [-0.25, -0.2) is 4.99 Å². The Morgan fingerprint density at radius 3 is 2.48 bits per heavy atom. The van der Waals surface area contributed by atoms with E-state index in [-0.39, 0.29) is 10.9 Å². The summed E-state index contributed by atoms with van der Waals surface area (Å²) >= 11 is 1.15. The summed E-state index contributed by atoms with van der Waals surface area (Å²) in [5.74, 6) is 0. The molecule has 0 unspecified atom stereocenters. The molecule has 0 amide bonds. The van der Waals surface area contributed by atoms with Crippen LogP contribution < -0.4 is 10.2 Å².